The maximum atomic E-state index is 14.9. The van der Waals surface area contributed by atoms with E-state index in [1.807, 2.05) is 12.1 Å². The van der Waals surface area contributed by atoms with Crippen molar-refractivity contribution in [1.29, 1.82) is 0 Å². The van der Waals surface area contributed by atoms with E-state index in [0.29, 0.717) is 17.4 Å². The van der Waals surface area contributed by atoms with Crippen LogP contribution in [0.25, 0.3) is 10.9 Å². The van der Waals surface area contributed by atoms with E-state index in [2.05, 4.69) is 20.9 Å². The lowest BCUT2D eigenvalue weighted by Crippen LogP contribution is -2.29. The first-order chi connectivity index (χ1) is 14.9. The predicted molar refractivity (Wildman–Crippen MR) is 118 cm³/mol. The molecule has 0 amide bonds. The first kappa shape index (κ1) is 20.1. The van der Waals surface area contributed by atoms with Gasteiger partial charge >= 0.3 is 0 Å². The lowest BCUT2D eigenvalue weighted by molar-refractivity contribution is 0.567. The van der Waals surface area contributed by atoms with Crippen molar-refractivity contribution in [3.63, 3.8) is 0 Å². The van der Waals surface area contributed by atoms with Crippen molar-refractivity contribution in [2.75, 3.05) is 4.72 Å². The van der Waals surface area contributed by atoms with Gasteiger partial charge in [-0.05, 0) is 42.0 Å². The maximum absolute atomic E-state index is 14.9. The second kappa shape index (κ2) is 7.70. The number of hydrogen-bond acceptors (Lipinski definition) is 6. The number of sulfonamides is 1. The van der Waals surface area contributed by atoms with Crippen LogP contribution in [0.1, 0.15) is 23.1 Å². The van der Waals surface area contributed by atoms with E-state index in [9.17, 15) is 12.8 Å². The third kappa shape index (κ3) is 3.82. The molecule has 0 unspecified atom stereocenters. The highest BCUT2D eigenvalue weighted by molar-refractivity contribution is 7.93. The number of thiazole rings is 1. The van der Waals surface area contributed by atoms with Crippen LogP contribution in [0.3, 0.4) is 0 Å². The number of anilines is 1. The van der Waals surface area contributed by atoms with Gasteiger partial charge in [0.25, 0.3) is 10.0 Å². The molecule has 0 radical (unpaired) electrons. The topological polar surface area (TPSA) is 103 Å². The Morgan fingerprint density at radius 3 is 3.00 bits per heavy atom. The van der Waals surface area contributed by atoms with Gasteiger partial charge in [-0.3, -0.25) is 9.40 Å². The standard InChI is InChI=1S/C21H20FN5O2S2/c22-18-10-19-15(8-20(18)31(28,29)26-21-24-6-7-30-21)11-25-27(19)12-14-3-1-2-13-4-5-16(23)9-17(13)14/h1-3,6-8,10-11,16H,4-5,9,12,23H2,(H,24,26)/t16-/m1/s1. The molecule has 5 rings (SSSR count). The molecule has 4 aromatic rings. The average molecular weight is 458 g/mol. The molecule has 0 fully saturated rings. The molecule has 3 N–H and O–H groups in total. The molecular formula is C21H20FN5O2S2. The molecule has 0 saturated carbocycles. The Labute approximate surface area is 182 Å². The van der Waals surface area contributed by atoms with Crippen LogP contribution in [0.5, 0.6) is 0 Å². The second-order valence-electron chi connectivity index (χ2n) is 7.64. The van der Waals surface area contributed by atoms with E-state index in [-0.39, 0.29) is 11.2 Å². The van der Waals surface area contributed by atoms with E-state index >= 15 is 0 Å². The van der Waals surface area contributed by atoms with Crippen molar-refractivity contribution < 1.29 is 12.8 Å². The Morgan fingerprint density at radius 1 is 1.32 bits per heavy atom. The highest BCUT2D eigenvalue weighted by Crippen LogP contribution is 2.28. The summed E-state index contributed by atoms with van der Waals surface area (Å²) in [4.78, 5) is 3.46. The highest BCUT2D eigenvalue weighted by Gasteiger charge is 2.23. The molecule has 0 spiro atoms. The summed E-state index contributed by atoms with van der Waals surface area (Å²) < 4.78 is 44.1. The zero-order chi connectivity index (χ0) is 21.6. The summed E-state index contributed by atoms with van der Waals surface area (Å²) in [5.41, 5.74) is 10.3. The molecular weight excluding hydrogens is 437 g/mol. The van der Waals surface area contributed by atoms with Gasteiger partial charge in [0, 0.05) is 29.1 Å². The van der Waals surface area contributed by atoms with Gasteiger partial charge in [0.05, 0.1) is 18.3 Å². The van der Waals surface area contributed by atoms with Gasteiger partial charge in [0.1, 0.15) is 10.7 Å². The van der Waals surface area contributed by atoms with Crippen molar-refractivity contribution in [3.8, 4) is 0 Å². The molecule has 1 atom stereocenters. The number of halogens is 1. The first-order valence-electron chi connectivity index (χ1n) is 9.83. The predicted octanol–water partition coefficient (Wildman–Crippen LogP) is 3.30. The summed E-state index contributed by atoms with van der Waals surface area (Å²) in [6.45, 7) is 0.461. The first-order valence-corrected chi connectivity index (χ1v) is 12.2. The smallest absolute Gasteiger partial charge is 0.266 e. The summed E-state index contributed by atoms with van der Waals surface area (Å²) in [5.74, 6) is -0.838. The van der Waals surface area contributed by atoms with Crippen molar-refractivity contribution in [3.05, 3.63) is 70.6 Å². The largest absolute Gasteiger partial charge is 0.327 e. The van der Waals surface area contributed by atoms with Crippen molar-refractivity contribution in [1.82, 2.24) is 14.8 Å². The van der Waals surface area contributed by atoms with Crippen molar-refractivity contribution in [2.45, 2.75) is 36.7 Å². The van der Waals surface area contributed by atoms with Crippen LogP contribution in [0.4, 0.5) is 9.52 Å². The van der Waals surface area contributed by atoms with Crippen molar-refractivity contribution >= 4 is 37.4 Å². The molecule has 2 heterocycles. The van der Waals surface area contributed by atoms with Gasteiger partial charge in [0.15, 0.2) is 5.13 Å². The molecule has 2 aromatic heterocycles. The Kier molecular flexibility index (Phi) is 4.99. The van der Waals surface area contributed by atoms with Crippen LogP contribution < -0.4 is 10.5 Å². The summed E-state index contributed by atoms with van der Waals surface area (Å²) >= 11 is 1.12. The summed E-state index contributed by atoms with van der Waals surface area (Å²) in [6, 6.07) is 8.85. The third-order valence-corrected chi connectivity index (χ3v) is 7.75. The quantitative estimate of drug-likeness (QED) is 0.479. The van der Waals surface area contributed by atoms with Crippen LogP contribution >= 0.6 is 11.3 Å². The maximum Gasteiger partial charge on any atom is 0.266 e. The van der Waals surface area contributed by atoms with E-state index in [0.717, 1.165) is 36.2 Å². The van der Waals surface area contributed by atoms with Gasteiger partial charge in [-0.15, -0.1) is 11.3 Å². The molecule has 1 aliphatic carbocycles. The summed E-state index contributed by atoms with van der Waals surface area (Å²) in [7, 11) is -4.10. The van der Waals surface area contributed by atoms with E-state index < -0.39 is 20.7 Å². The molecule has 0 bridgehead atoms. The number of benzene rings is 2. The van der Waals surface area contributed by atoms with Gasteiger partial charge in [-0.2, -0.15) is 5.10 Å². The SMILES string of the molecule is N[C@@H]1CCc2cccc(Cn3ncc4cc(S(=O)(=O)Nc5nccs5)c(F)cc43)c2C1. The number of nitrogens with one attached hydrogen (secondary N) is 1. The molecule has 7 nitrogen and oxygen atoms in total. The second-order valence-corrected chi connectivity index (χ2v) is 10.2. The Morgan fingerprint density at radius 2 is 2.19 bits per heavy atom. The fourth-order valence-electron chi connectivity index (χ4n) is 4.05. The monoisotopic (exact) mass is 457 g/mol. The number of rotatable bonds is 5. The minimum absolute atomic E-state index is 0.138. The van der Waals surface area contributed by atoms with Crippen LogP contribution in [0, 0.1) is 5.82 Å². The summed E-state index contributed by atoms with van der Waals surface area (Å²) in [5, 5.41) is 6.75. The number of aromatic nitrogens is 3. The normalized spacial score (nSPS) is 16.4. The Hall–Kier alpha value is -2.82. The van der Waals surface area contributed by atoms with E-state index in [1.54, 1.807) is 16.3 Å². The van der Waals surface area contributed by atoms with Crippen molar-refractivity contribution in [2.24, 2.45) is 5.73 Å². The summed E-state index contributed by atoms with van der Waals surface area (Å²) in [6.07, 6.45) is 5.76. The van der Waals surface area contributed by atoms with Crippen LogP contribution in [0.15, 0.2) is 53.0 Å². The molecule has 31 heavy (non-hydrogen) atoms. The third-order valence-electron chi connectivity index (χ3n) is 5.58. The molecule has 10 heteroatoms. The van der Waals surface area contributed by atoms with Crippen LogP contribution in [-0.2, 0) is 29.4 Å². The van der Waals surface area contributed by atoms with Crippen LogP contribution in [0.2, 0.25) is 0 Å². The fraction of sp³-hybridized carbons (Fsp3) is 0.238. The molecule has 1 aliphatic rings. The van der Waals surface area contributed by atoms with Gasteiger partial charge in [0.2, 0.25) is 0 Å². The molecule has 0 saturated heterocycles. The van der Waals surface area contributed by atoms with Gasteiger partial charge in [-0.25, -0.2) is 17.8 Å². The molecule has 0 aliphatic heterocycles. The number of aryl methyl sites for hydroxylation is 1. The minimum atomic E-state index is -4.10. The molecule has 160 valence electrons. The lowest BCUT2D eigenvalue weighted by atomic mass is 9.86. The number of nitrogens with two attached hydrogens (primary N) is 1. The number of nitrogens with zero attached hydrogens (tertiary/aromatic N) is 3. The van der Waals surface area contributed by atoms with E-state index in [4.69, 9.17) is 5.73 Å². The lowest BCUT2D eigenvalue weighted by Gasteiger charge is -2.24. The van der Waals surface area contributed by atoms with Crippen LogP contribution in [-0.4, -0.2) is 29.2 Å². The number of fused-ring (bicyclic) bond motifs is 2. The average Bonchev–Trinajstić information content (AvgIpc) is 3.37. The Bertz CT molecular complexity index is 1370. The highest BCUT2D eigenvalue weighted by atomic mass is 32.2. The zero-order valence-electron chi connectivity index (χ0n) is 16.5. The zero-order valence-corrected chi connectivity index (χ0v) is 18.1. The minimum Gasteiger partial charge on any atom is -0.327 e. The molecule has 2 aromatic carbocycles. The fourth-order valence-corrected chi connectivity index (χ4v) is 5.94. The Balaban J connectivity index is 1.50. The van der Waals surface area contributed by atoms with Gasteiger partial charge in [-0.1, -0.05) is 18.2 Å². The van der Waals surface area contributed by atoms with Gasteiger partial charge < -0.3 is 5.73 Å². The van der Waals surface area contributed by atoms with E-state index in [1.165, 1.54) is 29.5 Å². The number of hydrogen-bond donors (Lipinski definition) is 2.